The summed E-state index contributed by atoms with van der Waals surface area (Å²) in [5.74, 6) is 2.05. The average molecular weight is 436 g/mol. The molecule has 0 aliphatic carbocycles. The van der Waals surface area contributed by atoms with Crippen molar-refractivity contribution in [2.45, 2.75) is 26.7 Å². The zero-order chi connectivity index (χ0) is 15.1. The molecule has 0 bridgehead atoms. The summed E-state index contributed by atoms with van der Waals surface area (Å²) in [6, 6.07) is 0. The molecule has 0 atom stereocenters. The van der Waals surface area contributed by atoms with Gasteiger partial charge in [0.25, 0.3) is 0 Å². The second-order valence-electron chi connectivity index (χ2n) is 4.52. The van der Waals surface area contributed by atoms with Crippen molar-refractivity contribution in [3.8, 4) is 0 Å². The summed E-state index contributed by atoms with van der Waals surface area (Å²) in [5.41, 5.74) is 1.11. The molecule has 0 fully saturated rings. The van der Waals surface area contributed by atoms with E-state index in [2.05, 4.69) is 36.1 Å². The lowest BCUT2D eigenvalue weighted by atomic mass is 10.3. The fourth-order valence-electron chi connectivity index (χ4n) is 1.78. The van der Waals surface area contributed by atoms with Crippen LogP contribution in [-0.2, 0) is 12.8 Å². The highest BCUT2D eigenvalue weighted by Crippen LogP contribution is 2.07. The summed E-state index contributed by atoms with van der Waals surface area (Å²) in [6.45, 7) is 5.31. The monoisotopic (exact) mass is 436 g/mol. The number of nitrogens with zero attached hydrogens (tertiary/aromatic N) is 4. The number of guanidine groups is 1. The van der Waals surface area contributed by atoms with Gasteiger partial charge in [-0.3, -0.25) is 4.99 Å². The Balaban J connectivity index is 0.00000242. The Kier molecular flexibility index (Phi) is 8.31. The third kappa shape index (κ3) is 6.26. The van der Waals surface area contributed by atoms with Crippen molar-refractivity contribution in [1.29, 1.82) is 0 Å². The van der Waals surface area contributed by atoms with Gasteiger partial charge in [-0.05, 0) is 13.8 Å². The number of thiazole rings is 1. The maximum absolute atomic E-state index is 5.05. The average Bonchev–Trinajstić information content (AvgIpc) is 3.06. The standard InChI is InChI=1S/C13H20N6OS.HI/c1-9-17-12(20-19-9)5-7-16-13(14-3)15-6-4-11-8-21-10(2)18-11;/h8H,4-7H2,1-3H3,(H2,14,15,16);1H. The minimum absolute atomic E-state index is 0. The molecule has 0 aliphatic rings. The van der Waals surface area contributed by atoms with Gasteiger partial charge in [-0.25, -0.2) is 4.98 Å². The van der Waals surface area contributed by atoms with Gasteiger partial charge in [0.15, 0.2) is 11.8 Å². The SMILES string of the molecule is CN=C(NCCc1csc(C)n1)NCCc1nc(C)no1.I. The fraction of sp³-hybridized carbons (Fsp3) is 0.538. The smallest absolute Gasteiger partial charge is 0.228 e. The zero-order valence-electron chi connectivity index (χ0n) is 12.9. The lowest BCUT2D eigenvalue weighted by molar-refractivity contribution is 0.374. The Labute approximate surface area is 151 Å². The van der Waals surface area contributed by atoms with Crippen molar-refractivity contribution >= 4 is 41.3 Å². The maximum atomic E-state index is 5.05. The summed E-state index contributed by atoms with van der Waals surface area (Å²) in [6.07, 6.45) is 1.56. The highest BCUT2D eigenvalue weighted by atomic mass is 127. The Morgan fingerprint density at radius 3 is 2.50 bits per heavy atom. The lowest BCUT2D eigenvalue weighted by Crippen LogP contribution is -2.39. The largest absolute Gasteiger partial charge is 0.356 e. The molecule has 2 N–H and O–H groups in total. The van der Waals surface area contributed by atoms with E-state index in [0.29, 0.717) is 24.7 Å². The summed E-state index contributed by atoms with van der Waals surface area (Å²) >= 11 is 1.67. The van der Waals surface area contributed by atoms with Gasteiger partial charge in [0.2, 0.25) is 5.89 Å². The van der Waals surface area contributed by atoms with Gasteiger partial charge in [0.05, 0.1) is 10.7 Å². The molecule has 0 aliphatic heterocycles. The van der Waals surface area contributed by atoms with Crippen LogP contribution in [0.5, 0.6) is 0 Å². The van der Waals surface area contributed by atoms with Crippen molar-refractivity contribution in [2.75, 3.05) is 20.1 Å². The van der Waals surface area contributed by atoms with Crippen LogP contribution >= 0.6 is 35.3 Å². The third-order valence-electron chi connectivity index (χ3n) is 2.76. The van der Waals surface area contributed by atoms with Gasteiger partial charge in [0, 0.05) is 38.4 Å². The second-order valence-corrected chi connectivity index (χ2v) is 5.58. The van der Waals surface area contributed by atoms with E-state index in [9.17, 15) is 0 Å². The van der Waals surface area contributed by atoms with Crippen molar-refractivity contribution in [3.05, 3.63) is 27.8 Å². The number of aliphatic imine (C=N–C) groups is 1. The Morgan fingerprint density at radius 1 is 1.23 bits per heavy atom. The van der Waals surface area contributed by atoms with E-state index < -0.39 is 0 Å². The minimum Gasteiger partial charge on any atom is -0.356 e. The zero-order valence-corrected chi connectivity index (χ0v) is 16.1. The predicted molar refractivity (Wildman–Crippen MR) is 98.1 cm³/mol. The molecule has 0 saturated carbocycles. The van der Waals surface area contributed by atoms with Gasteiger partial charge in [0.1, 0.15) is 0 Å². The van der Waals surface area contributed by atoms with Crippen LogP contribution in [-0.4, -0.2) is 41.2 Å². The van der Waals surface area contributed by atoms with Crippen molar-refractivity contribution in [2.24, 2.45) is 4.99 Å². The molecular weight excluding hydrogens is 415 g/mol. The fourth-order valence-corrected chi connectivity index (χ4v) is 2.43. The Hall–Kier alpha value is -1.23. The van der Waals surface area contributed by atoms with E-state index in [-0.39, 0.29) is 24.0 Å². The van der Waals surface area contributed by atoms with E-state index in [1.165, 1.54) is 0 Å². The number of nitrogens with one attached hydrogen (secondary N) is 2. The van der Waals surface area contributed by atoms with E-state index in [4.69, 9.17) is 4.52 Å². The molecule has 2 rings (SSSR count). The maximum Gasteiger partial charge on any atom is 0.228 e. The van der Waals surface area contributed by atoms with Crippen molar-refractivity contribution < 1.29 is 4.52 Å². The molecule has 2 heterocycles. The molecule has 9 heteroatoms. The number of hydrogen-bond donors (Lipinski definition) is 2. The molecule has 0 unspecified atom stereocenters. The van der Waals surface area contributed by atoms with E-state index in [1.54, 1.807) is 25.3 Å². The summed E-state index contributed by atoms with van der Waals surface area (Å²) in [5, 5.41) is 13.4. The van der Waals surface area contributed by atoms with Crippen LogP contribution in [0.3, 0.4) is 0 Å². The first-order valence-corrected chi connectivity index (χ1v) is 7.70. The topological polar surface area (TPSA) is 88.2 Å². The summed E-state index contributed by atoms with van der Waals surface area (Å²) < 4.78 is 5.05. The molecule has 2 aromatic heterocycles. The van der Waals surface area contributed by atoms with Crippen LogP contribution < -0.4 is 10.6 Å². The van der Waals surface area contributed by atoms with E-state index in [0.717, 1.165) is 29.6 Å². The van der Waals surface area contributed by atoms with Gasteiger partial charge in [-0.2, -0.15) is 4.98 Å². The number of rotatable bonds is 6. The molecule has 0 amide bonds. The molecule has 7 nitrogen and oxygen atoms in total. The van der Waals surface area contributed by atoms with Crippen LogP contribution in [0, 0.1) is 13.8 Å². The molecule has 2 aromatic rings. The predicted octanol–water partition coefficient (Wildman–Crippen LogP) is 1.71. The van der Waals surface area contributed by atoms with E-state index >= 15 is 0 Å². The van der Waals surface area contributed by atoms with Crippen LogP contribution in [0.15, 0.2) is 14.9 Å². The van der Waals surface area contributed by atoms with Crippen LogP contribution in [0.25, 0.3) is 0 Å². The number of aromatic nitrogens is 3. The molecule has 0 saturated heterocycles. The van der Waals surface area contributed by atoms with Gasteiger partial charge in [-0.1, -0.05) is 5.16 Å². The van der Waals surface area contributed by atoms with E-state index in [1.807, 2.05) is 6.92 Å². The Morgan fingerprint density at radius 2 is 1.95 bits per heavy atom. The molecule has 0 aromatic carbocycles. The summed E-state index contributed by atoms with van der Waals surface area (Å²) in [7, 11) is 1.75. The molecule has 122 valence electrons. The number of halogens is 1. The Bertz CT molecular complexity index is 549. The molecular formula is C13H21IN6OS. The highest BCUT2D eigenvalue weighted by Gasteiger charge is 2.04. The molecule has 0 radical (unpaired) electrons. The van der Waals surface area contributed by atoms with Crippen LogP contribution in [0.1, 0.15) is 22.4 Å². The molecule has 22 heavy (non-hydrogen) atoms. The van der Waals surface area contributed by atoms with Gasteiger partial charge in [-0.15, -0.1) is 35.3 Å². The lowest BCUT2D eigenvalue weighted by Gasteiger charge is -2.10. The summed E-state index contributed by atoms with van der Waals surface area (Å²) in [4.78, 5) is 12.8. The molecule has 0 spiro atoms. The number of hydrogen-bond acceptors (Lipinski definition) is 6. The van der Waals surface area contributed by atoms with Crippen LogP contribution in [0.4, 0.5) is 0 Å². The normalized spacial score (nSPS) is 11.1. The van der Waals surface area contributed by atoms with Gasteiger partial charge < -0.3 is 15.2 Å². The minimum atomic E-state index is 0. The first-order chi connectivity index (χ1) is 10.2. The van der Waals surface area contributed by atoms with Crippen molar-refractivity contribution in [1.82, 2.24) is 25.8 Å². The second kappa shape index (κ2) is 9.72. The van der Waals surface area contributed by atoms with Crippen molar-refractivity contribution in [3.63, 3.8) is 0 Å². The quantitative estimate of drug-likeness (QED) is 0.407. The first-order valence-electron chi connectivity index (χ1n) is 6.82. The third-order valence-corrected chi connectivity index (χ3v) is 3.59. The van der Waals surface area contributed by atoms with Crippen LogP contribution in [0.2, 0.25) is 0 Å². The first kappa shape index (κ1) is 18.8. The number of aryl methyl sites for hydroxylation is 2. The highest BCUT2D eigenvalue weighted by molar-refractivity contribution is 14.0. The van der Waals surface area contributed by atoms with Gasteiger partial charge >= 0.3 is 0 Å².